The van der Waals surface area contributed by atoms with E-state index in [-0.39, 0.29) is 34.3 Å². The SMILES string of the molecule is Cn1c(N)nc2c(-c3ccc(S(=O)(=O)NCC(O)CN)c(SN)c3/C(N)=N/NN)cccc21. The third kappa shape index (κ3) is 4.74. The Hall–Kier alpha value is -2.92. The fourth-order valence-corrected chi connectivity index (χ4v) is 5.46. The van der Waals surface area contributed by atoms with Gasteiger partial charge >= 0.3 is 0 Å². The summed E-state index contributed by atoms with van der Waals surface area (Å²) in [6, 6.07) is 8.42. The smallest absolute Gasteiger partial charge is 0.241 e. The van der Waals surface area contributed by atoms with Gasteiger partial charge in [-0.25, -0.2) is 29.5 Å². The van der Waals surface area contributed by atoms with Gasteiger partial charge in [0.1, 0.15) is 0 Å². The van der Waals surface area contributed by atoms with E-state index in [0.29, 0.717) is 34.5 Å². The first-order valence-corrected chi connectivity index (χ1v) is 11.9. The molecule has 1 atom stereocenters. The second-order valence-electron chi connectivity index (χ2n) is 7.00. The molecule has 178 valence electrons. The van der Waals surface area contributed by atoms with Gasteiger partial charge in [-0.05, 0) is 29.6 Å². The highest BCUT2D eigenvalue weighted by Crippen LogP contribution is 2.37. The molecule has 33 heavy (non-hydrogen) atoms. The van der Waals surface area contributed by atoms with E-state index in [0.717, 1.165) is 5.52 Å². The van der Waals surface area contributed by atoms with E-state index >= 15 is 0 Å². The highest BCUT2D eigenvalue weighted by atomic mass is 32.2. The standard InChI is InChI=1S/C18H26N10O3S2/c1-28-12-4-2-3-11(15(12)25-18(28)21)10-5-6-13(33(30,31)24-8-9(29)7-19)16(32-23)14(10)17(20)26-27-22/h2-6,9,24,27,29H,7-8,19,22-23H2,1H3,(H2,20,26)(H2,21,25). The van der Waals surface area contributed by atoms with Gasteiger partial charge in [0, 0.05) is 31.3 Å². The van der Waals surface area contributed by atoms with Gasteiger partial charge in [-0.15, -0.1) is 5.10 Å². The Labute approximate surface area is 194 Å². The number of amidine groups is 1. The summed E-state index contributed by atoms with van der Waals surface area (Å²) in [5, 5.41) is 19.4. The van der Waals surface area contributed by atoms with Crippen molar-refractivity contribution in [3.05, 3.63) is 35.9 Å². The van der Waals surface area contributed by atoms with Crippen LogP contribution in [-0.4, -0.2) is 48.1 Å². The Balaban J connectivity index is 2.30. The lowest BCUT2D eigenvalue weighted by atomic mass is 9.97. The average molecular weight is 495 g/mol. The molecule has 0 aliphatic carbocycles. The zero-order valence-electron chi connectivity index (χ0n) is 17.7. The quantitative estimate of drug-likeness (QED) is 0.0558. The molecule has 3 rings (SSSR count). The lowest BCUT2D eigenvalue weighted by Crippen LogP contribution is -2.36. The molecule has 0 amide bonds. The molecule has 0 aliphatic rings. The van der Waals surface area contributed by atoms with Crippen molar-refractivity contribution < 1.29 is 13.5 Å². The van der Waals surface area contributed by atoms with Crippen molar-refractivity contribution in [2.45, 2.75) is 15.9 Å². The molecular weight excluding hydrogens is 468 g/mol. The number of para-hydroxylation sites is 1. The molecule has 1 unspecified atom stereocenters. The monoisotopic (exact) mass is 494 g/mol. The molecular formula is C18H26N10O3S2. The number of nitrogens with two attached hydrogens (primary N) is 5. The van der Waals surface area contributed by atoms with Crippen molar-refractivity contribution in [1.29, 1.82) is 0 Å². The Bertz CT molecular complexity index is 1310. The summed E-state index contributed by atoms with van der Waals surface area (Å²) in [6.07, 6.45) is -1.05. The van der Waals surface area contributed by atoms with Crippen LogP contribution in [0.15, 0.2) is 45.2 Å². The average Bonchev–Trinajstić information content (AvgIpc) is 3.10. The summed E-state index contributed by atoms with van der Waals surface area (Å²) < 4.78 is 30.0. The van der Waals surface area contributed by atoms with Crippen molar-refractivity contribution in [2.75, 3.05) is 18.8 Å². The van der Waals surface area contributed by atoms with Crippen molar-refractivity contribution >= 4 is 44.8 Å². The van der Waals surface area contributed by atoms with E-state index in [9.17, 15) is 13.5 Å². The van der Waals surface area contributed by atoms with E-state index in [2.05, 4.69) is 20.3 Å². The lowest BCUT2D eigenvalue weighted by Gasteiger charge is -2.18. The number of aromatic nitrogens is 2. The summed E-state index contributed by atoms with van der Waals surface area (Å²) in [5.74, 6) is 5.53. The van der Waals surface area contributed by atoms with Gasteiger partial charge in [0.2, 0.25) is 16.0 Å². The van der Waals surface area contributed by atoms with Crippen LogP contribution >= 0.6 is 11.9 Å². The van der Waals surface area contributed by atoms with Gasteiger partial charge in [0.05, 0.1) is 26.9 Å². The van der Waals surface area contributed by atoms with E-state index in [4.69, 9.17) is 28.2 Å². The minimum atomic E-state index is -4.09. The van der Waals surface area contributed by atoms with Crippen LogP contribution in [0.5, 0.6) is 0 Å². The number of anilines is 1. The van der Waals surface area contributed by atoms with E-state index < -0.39 is 16.1 Å². The Morgan fingerprint density at radius 3 is 2.67 bits per heavy atom. The molecule has 13 N–H and O–H groups in total. The zero-order valence-corrected chi connectivity index (χ0v) is 19.3. The lowest BCUT2D eigenvalue weighted by molar-refractivity contribution is 0.186. The van der Waals surface area contributed by atoms with Crippen LogP contribution in [0.25, 0.3) is 22.2 Å². The molecule has 1 heterocycles. The summed E-state index contributed by atoms with van der Waals surface area (Å²) in [6.45, 7) is -0.380. The molecule has 1 aromatic heterocycles. The summed E-state index contributed by atoms with van der Waals surface area (Å²) in [5.41, 5.74) is 22.4. The number of sulfonamides is 1. The number of benzene rings is 2. The predicted octanol–water partition coefficient (Wildman–Crippen LogP) is -1.53. The van der Waals surface area contributed by atoms with Crippen molar-refractivity contribution in [3.63, 3.8) is 0 Å². The van der Waals surface area contributed by atoms with Crippen LogP contribution in [0.2, 0.25) is 0 Å². The van der Waals surface area contributed by atoms with Crippen LogP contribution in [0.3, 0.4) is 0 Å². The van der Waals surface area contributed by atoms with E-state index in [1.807, 2.05) is 12.1 Å². The molecule has 0 fully saturated rings. The zero-order chi connectivity index (χ0) is 24.3. The van der Waals surface area contributed by atoms with Gasteiger partial charge < -0.3 is 26.9 Å². The number of fused-ring (bicyclic) bond motifs is 1. The largest absolute Gasteiger partial charge is 0.390 e. The molecule has 0 saturated carbocycles. The number of aliphatic hydroxyl groups is 1. The second-order valence-corrected chi connectivity index (χ2v) is 9.38. The number of hydrogen-bond acceptors (Lipinski definition) is 11. The second kappa shape index (κ2) is 9.92. The van der Waals surface area contributed by atoms with Gasteiger partial charge in [0.15, 0.2) is 5.84 Å². The highest BCUT2D eigenvalue weighted by molar-refractivity contribution is 7.98. The van der Waals surface area contributed by atoms with Gasteiger partial charge in [-0.1, -0.05) is 18.2 Å². The number of nitrogens with one attached hydrogen (secondary N) is 2. The number of aryl methyl sites for hydroxylation is 1. The summed E-state index contributed by atoms with van der Waals surface area (Å²) >= 11 is 0.680. The van der Waals surface area contributed by atoms with Crippen LogP contribution in [-0.2, 0) is 17.1 Å². The Morgan fingerprint density at radius 2 is 2.03 bits per heavy atom. The van der Waals surface area contributed by atoms with E-state index in [1.54, 1.807) is 23.7 Å². The third-order valence-corrected chi connectivity index (χ3v) is 7.24. The minimum absolute atomic E-state index is 0.0969. The van der Waals surface area contributed by atoms with Crippen LogP contribution < -0.4 is 38.4 Å². The van der Waals surface area contributed by atoms with Crippen molar-refractivity contribution in [3.8, 4) is 11.1 Å². The molecule has 0 saturated heterocycles. The first kappa shape index (κ1) is 24.7. The first-order chi connectivity index (χ1) is 15.7. The summed E-state index contributed by atoms with van der Waals surface area (Å²) in [7, 11) is -2.31. The maximum Gasteiger partial charge on any atom is 0.241 e. The fraction of sp³-hybridized carbons (Fsp3) is 0.222. The maximum absolute atomic E-state index is 13.0. The first-order valence-electron chi connectivity index (χ1n) is 9.58. The van der Waals surface area contributed by atoms with Crippen LogP contribution in [0.4, 0.5) is 5.95 Å². The maximum atomic E-state index is 13.0. The molecule has 0 aliphatic heterocycles. The molecule has 15 heteroatoms. The fourth-order valence-electron chi connectivity index (χ4n) is 3.31. The molecule has 0 spiro atoms. The Morgan fingerprint density at radius 1 is 1.30 bits per heavy atom. The number of imidazole rings is 1. The molecule has 0 bridgehead atoms. The Kier molecular flexibility index (Phi) is 7.43. The highest BCUT2D eigenvalue weighted by Gasteiger charge is 2.27. The number of rotatable bonds is 9. The predicted molar refractivity (Wildman–Crippen MR) is 129 cm³/mol. The van der Waals surface area contributed by atoms with Gasteiger partial charge in [-0.2, -0.15) is 0 Å². The number of hydrogen-bond donors (Lipinski definition) is 8. The number of aliphatic hydroxyl groups excluding tert-OH is 1. The molecule has 13 nitrogen and oxygen atoms in total. The molecule has 0 radical (unpaired) electrons. The van der Waals surface area contributed by atoms with E-state index in [1.165, 1.54) is 6.07 Å². The number of hydrazone groups is 1. The molecule has 3 aromatic rings. The van der Waals surface area contributed by atoms with Gasteiger partial charge in [0.25, 0.3) is 0 Å². The third-order valence-electron chi connectivity index (χ3n) is 4.99. The summed E-state index contributed by atoms with van der Waals surface area (Å²) in [4.78, 5) is 4.40. The number of hydrazine groups is 1. The van der Waals surface area contributed by atoms with Crippen LogP contribution in [0.1, 0.15) is 5.56 Å². The molecule has 2 aromatic carbocycles. The topological polar surface area (TPSA) is 239 Å². The minimum Gasteiger partial charge on any atom is -0.390 e. The van der Waals surface area contributed by atoms with Crippen LogP contribution in [0, 0.1) is 0 Å². The van der Waals surface area contributed by atoms with Gasteiger partial charge in [-0.3, -0.25) is 5.14 Å². The van der Waals surface area contributed by atoms with Crippen molar-refractivity contribution in [1.82, 2.24) is 19.8 Å². The normalized spacial score (nSPS) is 13.4. The van der Waals surface area contributed by atoms with Crippen molar-refractivity contribution in [2.24, 2.45) is 34.6 Å². The number of nitrogen functional groups attached to an aromatic ring is 1. The number of nitrogens with zero attached hydrogens (tertiary/aromatic N) is 3.